The van der Waals surface area contributed by atoms with Crippen LogP contribution in [0, 0.1) is 17.8 Å². The molecular weight excluding hydrogens is 198 g/mol. The highest BCUT2D eigenvalue weighted by molar-refractivity contribution is 5.84. The monoisotopic (exact) mass is 223 g/mol. The van der Waals surface area contributed by atoms with Crippen LogP contribution >= 0.6 is 0 Å². The van der Waals surface area contributed by atoms with Gasteiger partial charge in [-0.05, 0) is 31.6 Å². The lowest BCUT2D eigenvalue weighted by atomic mass is 9.75. The Labute approximate surface area is 99.0 Å². The Bertz CT molecular complexity index is 251. The number of ketones is 1. The summed E-state index contributed by atoms with van der Waals surface area (Å²) in [5, 5.41) is 0. The molecule has 2 N–H and O–H groups in total. The minimum Gasteiger partial charge on any atom is -0.327 e. The maximum absolute atomic E-state index is 12.4. The zero-order valence-corrected chi connectivity index (χ0v) is 10.5. The van der Waals surface area contributed by atoms with Crippen molar-refractivity contribution in [2.45, 2.75) is 64.3 Å². The number of hydrogen-bond acceptors (Lipinski definition) is 2. The quantitative estimate of drug-likeness (QED) is 0.799. The number of nitrogens with two attached hydrogens (primary N) is 1. The number of hydrogen-bond donors (Lipinski definition) is 1. The van der Waals surface area contributed by atoms with Crippen molar-refractivity contribution in [1.29, 1.82) is 0 Å². The van der Waals surface area contributed by atoms with Crippen LogP contribution < -0.4 is 5.73 Å². The Balaban J connectivity index is 1.93. The van der Waals surface area contributed by atoms with Gasteiger partial charge in [-0.15, -0.1) is 0 Å². The SMILES string of the molecule is CCC1CCCC(C(=O)C2CCCC2N)C1. The largest absolute Gasteiger partial charge is 0.327 e. The third-order valence-electron chi connectivity index (χ3n) is 4.70. The summed E-state index contributed by atoms with van der Waals surface area (Å²) in [6.45, 7) is 2.25. The summed E-state index contributed by atoms with van der Waals surface area (Å²) < 4.78 is 0. The van der Waals surface area contributed by atoms with Crippen LogP contribution in [-0.2, 0) is 4.79 Å². The molecule has 4 unspecified atom stereocenters. The number of carbonyl (C=O) groups excluding carboxylic acids is 1. The summed E-state index contributed by atoms with van der Waals surface area (Å²) >= 11 is 0. The molecule has 2 nitrogen and oxygen atoms in total. The predicted molar refractivity (Wildman–Crippen MR) is 66.1 cm³/mol. The average Bonchev–Trinajstić information content (AvgIpc) is 2.74. The van der Waals surface area contributed by atoms with Crippen LogP contribution in [0.25, 0.3) is 0 Å². The molecule has 0 saturated heterocycles. The van der Waals surface area contributed by atoms with Crippen molar-refractivity contribution in [2.24, 2.45) is 23.5 Å². The third-order valence-corrected chi connectivity index (χ3v) is 4.70. The molecule has 0 aromatic carbocycles. The second-order valence-corrected chi connectivity index (χ2v) is 5.74. The van der Waals surface area contributed by atoms with E-state index in [9.17, 15) is 4.79 Å². The average molecular weight is 223 g/mol. The highest BCUT2D eigenvalue weighted by Crippen LogP contribution is 2.36. The van der Waals surface area contributed by atoms with Crippen molar-refractivity contribution in [3.8, 4) is 0 Å². The molecule has 0 aliphatic heterocycles. The molecule has 2 fully saturated rings. The summed E-state index contributed by atoms with van der Waals surface area (Å²) in [6.07, 6.45) is 9.33. The van der Waals surface area contributed by atoms with Crippen molar-refractivity contribution in [1.82, 2.24) is 0 Å². The molecule has 0 bridgehead atoms. The summed E-state index contributed by atoms with van der Waals surface area (Å²) in [6, 6.07) is 0.162. The zero-order valence-electron chi connectivity index (χ0n) is 10.5. The highest BCUT2D eigenvalue weighted by Gasteiger charge is 2.36. The van der Waals surface area contributed by atoms with Crippen LogP contribution in [0.2, 0.25) is 0 Å². The minimum absolute atomic E-state index is 0.162. The van der Waals surface area contributed by atoms with Gasteiger partial charge in [0.25, 0.3) is 0 Å². The van der Waals surface area contributed by atoms with Gasteiger partial charge in [0.15, 0.2) is 0 Å². The Morgan fingerprint density at radius 1 is 1.19 bits per heavy atom. The lowest BCUT2D eigenvalue weighted by molar-refractivity contribution is -0.128. The smallest absolute Gasteiger partial charge is 0.140 e. The first-order valence-electron chi connectivity index (χ1n) is 7.01. The van der Waals surface area contributed by atoms with E-state index < -0.39 is 0 Å². The first-order valence-corrected chi connectivity index (χ1v) is 7.01. The Kier molecular flexibility index (Phi) is 4.01. The number of rotatable bonds is 3. The first kappa shape index (κ1) is 12.1. The molecule has 2 aliphatic carbocycles. The molecule has 2 heteroatoms. The highest BCUT2D eigenvalue weighted by atomic mass is 16.1. The van der Waals surface area contributed by atoms with E-state index in [1.807, 2.05) is 0 Å². The lowest BCUT2D eigenvalue weighted by Gasteiger charge is -2.30. The molecule has 2 rings (SSSR count). The summed E-state index contributed by atoms with van der Waals surface area (Å²) in [5.41, 5.74) is 6.03. The number of Topliss-reactive ketones (excluding diaryl/α,β-unsaturated/α-hetero) is 1. The lowest BCUT2D eigenvalue weighted by Crippen LogP contribution is -2.36. The summed E-state index contributed by atoms with van der Waals surface area (Å²) in [4.78, 5) is 12.4. The van der Waals surface area contributed by atoms with Crippen molar-refractivity contribution in [3.05, 3.63) is 0 Å². The van der Waals surface area contributed by atoms with E-state index in [1.165, 1.54) is 19.3 Å². The van der Waals surface area contributed by atoms with Crippen LogP contribution in [0.1, 0.15) is 58.3 Å². The van der Waals surface area contributed by atoms with Crippen molar-refractivity contribution < 1.29 is 4.79 Å². The van der Waals surface area contributed by atoms with Crippen molar-refractivity contribution in [3.63, 3.8) is 0 Å². The molecule has 2 saturated carbocycles. The molecule has 0 radical (unpaired) electrons. The maximum atomic E-state index is 12.4. The van der Waals surface area contributed by atoms with Crippen molar-refractivity contribution in [2.75, 3.05) is 0 Å². The number of carbonyl (C=O) groups is 1. The van der Waals surface area contributed by atoms with E-state index in [-0.39, 0.29) is 12.0 Å². The van der Waals surface area contributed by atoms with Gasteiger partial charge >= 0.3 is 0 Å². The molecule has 0 aromatic heterocycles. The molecule has 0 aromatic rings. The van der Waals surface area contributed by atoms with E-state index in [2.05, 4.69) is 6.92 Å². The van der Waals surface area contributed by atoms with Crippen molar-refractivity contribution >= 4 is 5.78 Å². The Hall–Kier alpha value is -0.370. The van der Waals surface area contributed by atoms with Gasteiger partial charge in [-0.2, -0.15) is 0 Å². The van der Waals surface area contributed by atoms with Gasteiger partial charge in [-0.3, -0.25) is 4.79 Å². The standard InChI is InChI=1S/C14H25NO/c1-2-10-5-3-6-11(9-10)14(16)12-7-4-8-13(12)15/h10-13H,2-9,15H2,1H3. The van der Waals surface area contributed by atoms with Crippen LogP contribution in [0.3, 0.4) is 0 Å². The van der Waals surface area contributed by atoms with Gasteiger partial charge in [0, 0.05) is 17.9 Å². The maximum Gasteiger partial charge on any atom is 0.140 e. The van der Waals surface area contributed by atoms with Gasteiger partial charge in [0.05, 0.1) is 0 Å². The molecule has 4 atom stereocenters. The van der Waals surface area contributed by atoms with E-state index in [0.717, 1.165) is 38.0 Å². The fourth-order valence-electron chi connectivity index (χ4n) is 3.56. The molecule has 92 valence electrons. The molecule has 0 heterocycles. The second kappa shape index (κ2) is 5.31. The van der Waals surface area contributed by atoms with Crippen LogP contribution in [0.5, 0.6) is 0 Å². The van der Waals surface area contributed by atoms with E-state index in [0.29, 0.717) is 11.7 Å². The summed E-state index contributed by atoms with van der Waals surface area (Å²) in [7, 11) is 0. The second-order valence-electron chi connectivity index (χ2n) is 5.74. The third kappa shape index (κ3) is 2.48. The van der Waals surface area contributed by atoms with Crippen LogP contribution in [0.15, 0.2) is 0 Å². The van der Waals surface area contributed by atoms with Gasteiger partial charge in [-0.25, -0.2) is 0 Å². The van der Waals surface area contributed by atoms with Crippen LogP contribution in [-0.4, -0.2) is 11.8 Å². The molecule has 2 aliphatic rings. The van der Waals surface area contributed by atoms with E-state index in [4.69, 9.17) is 5.73 Å². The molecule has 16 heavy (non-hydrogen) atoms. The van der Waals surface area contributed by atoms with E-state index in [1.54, 1.807) is 0 Å². The van der Waals surface area contributed by atoms with Crippen LogP contribution in [0.4, 0.5) is 0 Å². The molecule has 0 amide bonds. The van der Waals surface area contributed by atoms with Gasteiger partial charge in [0.2, 0.25) is 0 Å². The fraction of sp³-hybridized carbons (Fsp3) is 0.929. The minimum atomic E-state index is 0.162. The van der Waals surface area contributed by atoms with E-state index >= 15 is 0 Å². The Morgan fingerprint density at radius 2 is 1.94 bits per heavy atom. The summed E-state index contributed by atoms with van der Waals surface area (Å²) in [5.74, 6) is 1.83. The molecule has 0 spiro atoms. The van der Waals surface area contributed by atoms with Gasteiger partial charge in [0.1, 0.15) is 5.78 Å². The topological polar surface area (TPSA) is 43.1 Å². The van der Waals surface area contributed by atoms with Gasteiger partial charge in [-0.1, -0.05) is 32.6 Å². The fourth-order valence-corrected chi connectivity index (χ4v) is 3.56. The first-order chi connectivity index (χ1) is 7.72. The zero-order chi connectivity index (χ0) is 11.5. The Morgan fingerprint density at radius 3 is 2.56 bits per heavy atom. The molecular formula is C14H25NO. The predicted octanol–water partition coefficient (Wildman–Crippen LogP) is 2.90. The normalized spacial score (nSPS) is 39.9. The van der Waals surface area contributed by atoms with Gasteiger partial charge < -0.3 is 5.73 Å².